The van der Waals surface area contributed by atoms with E-state index >= 15 is 0 Å². The molecule has 1 heterocycles. The van der Waals surface area contributed by atoms with E-state index in [1.807, 2.05) is 0 Å². The third-order valence-corrected chi connectivity index (χ3v) is 2.40. The number of rotatable bonds is 2. The summed E-state index contributed by atoms with van der Waals surface area (Å²) in [6.45, 7) is 0. The number of ether oxygens (including phenoxy) is 2. The second-order valence-corrected chi connectivity index (χ2v) is 3.63. The lowest BCUT2D eigenvalue weighted by Crippen LogP contribution is -2.38. The summed E-state index contributed by atoms with van der Waals surface area (Å²) in [5.74, 6) is -0.384. The lowest BCUT2D eigenvalue weighted by molar-refractivity contribution is -0.145. The summed E-state index contributed by atoms with van der Waals surface area (Å²) in [6.07, 6.45) is -0.981. The van der Waals surface area contributed by atoms with Gasteiger partial charge in [-0.05, 0) is 18.2 Å². The maximum atomic E-state index is 11.6. The molecule has 6 nitrogen and oxygen atoms in total. The SMILES string of the molecule is COC(=O)CC1Oc2ccc(N)cc2NC1=O. The van der Waals surface area contributed by atoms with Crippen LogP contribution >= 0.6 is 0 Å². The van der Waals surface area contributed by atoms with Crippen molar-refractivity contribution in [3.05, 3.63) is 18.2 Å². The maximum absolute atomic E-state index is 11.6. The molecule has 0 bridgehead atoms. The van der Waals surface area contributed by atoms with Gasteiger partial charge in [-0.3, -0.25) is 9.59 Å². The molecule has 90 valence electrons. The summed E-state index contributed by atoms with van der Waals surface area (Å²) in [6, 6.07) is 4.90. The highest BCUT2D eigenvalue weighted by molar-refractivity contribution is 5.99. The number of anilines is 2. The highest BCUT2D eigenvalue weighted by Gasteiger charge is 2.30. The van der Waals surface area contributed by atoms with Crippen LogP contribution in [0.2, 0.25) is 0 Å². The number of hydrogen-bond donors (Lipinski definition) is 2. The van der Waals surface area contributed by atoms with Crippen LogP contribution in [0.3, 0.4) is 0 Å². The van der Waals surface area contributed by atoms with E-state index in [9.17, 15) is 9.59 Å². The Bertz CT molecular complexity index is 473. The third kappa shape index (κ3) is 2.30. The average Bonchev–Trinajstić information content (AvgIpc) is 2.30. The predicted molar refractivity (Wildman–Crippen MR) is 60.5 cm³/mol. The lowest BCUT2D eigenvalue weighted by Gasteiger charge is -2.25. The van der Waals surface area contributed by atoms with Crippen molar-refractivity contribution in [2.24, 2.45) is 0 Å². The van der Waals surface area contributed by atoms with Gasteiger partial charge < -0.3 is 20.5 Å². The molecule has 17 heavy (non-hydrogen) atoms. The molecule has 0 saturated heterocycles. The van der Waals surface area contributed by atoms with Gasteiger partial charge in [0, 0.05) is 5.69 Å². The summed E-state index contributed by atoms with van der Waals surface area (Å²) in [7, 11) is 1.26. The molecule has 2 rings (SSSR count). The van der Waals surface area contributed by atoms with E-state index in [1.165, 1.54) is 7.11 Å². The minimum atomic E-state index is -0.862. The number of esters is 1. The van der Waals surface area contributed by atoms with Crippen molar-refractivity contribution in [1.29, 1.82) is 0 Å². The molecule has 1 aliphatic rings. The first-order chi connectivity index (χ1) is 8.10. The van der Waals surface area contributed by atoms with E-state index in [2.05, 4.69) is 10.1 Å². The smallest absolute Gasteiger partial charge is 0.309 e. The average molecular weight is 236 g/mol. The Hall–Kier alpha value is -2.24. The maximum Gasteiger partial charge on any atom is 0.309 e. The fourth-order valence-corrected chi connectivity index (χ4v) is 1.54. The lowest BCUT2D eigenvalue weighted by atomic mass is 10.1. The van der Waals surface area contributed by atoms with Gasteiger partial charge in [0.2, 0.25) is 0 Å². The number of methoxy groups -OCH3 is 1. The van der Waals surface area contributed by atoms with Gasteiger partial charge in [-0.2, -0.15) is 0 Å². The standard InChI is InChI=1S/C11H12N2O4/c1-16-10(14)5-9-11(15)13-7-4-6(12)2-3-8(7)17-9/h2-4,9H,5,12H2,1H3,(H,13,15). The van der Waals surface area contributed by atoms with Crippen LogP contribution in [0.4, 0.5) is 11.4 Å². The first-order valence-electron chi connectivity index (χ1n) is 5.04. The van der Waals surface area contributed by atoms with E-state index in [4.69, 9.17) is 10.5 Å². The molecule has 3 N–H and O–H groups in total. The molecule has 0 aliphatic carbocycles. The minimum absolute atomic E-state index is 0.119. The van der Waals surface area contributed by atoms with Crippen molar-refractivity contribution in [3.8, 4) is 5.75 Å². The van der Waals surface area contributed by atoms with Gasteiger partial charge in [-0.25, -0.2) is 0 Å². The Morgan fingerprint density at radius 1 is 1.59 bits per heavy atom. The molecule has 0 fully saturated rings. The van der Waals surface area contributed by atoms with E-state index in [-0.39, 0.29) is 12.3 Å². The fourth-order valence-electron chi connectivity index (χ4n) is 1.54. The highest BCUT2D eigenvalue weighted by Crippen LogP contribution is 2.31. The van der Waals surface area contributed by atoms with Crippen molar-refractivity contribution in [3.63, 3.8) is 0 Å². The molecule has 0 saturated carbocycles. The summed E-state index contributed by atoms with van der Waals surface area (Å²) >= 11 is 0. The van der Waals surface area contributed by atoms with E-state index in [1.54, 1.807) is 18.2 Å². The first kappa shape index (κ1) is 11.3. The Kier molecular flexibility index (Phi) is 2.86. The molecule has 0 spiro atoms. The number of amides is 1. The molecule has 1 aromatic carbocycles. The number of carbonyl (C=O) groups is 2. The number of benzene rings is 1. The van der Waals surface area contributed by atoms with Gasteiger partial charge in [0.05, 0.1) is 19.2 Å². The van der Waals surface area contributed by atoms with E-state index in [0.717, 1.165) is 0 Å². The zero-order chi connectivity index (χ0) is 12.4. The molecule has 1 unspecified atom stereocenters. The molecule has 1 aliphatic heterocycles. The Labute approximate surface area is 97.7 Å². The summed E-state index contributed by atoms with van der Waals surface area (Å²) in [5, 5.41) is 2.63. The van der Waals surface area contributed by atoms with Gasteiger partial charge in [-0.1, -0.05) is 0 Å². The van der Waals surface area contributed by atoms with Gasteiger partial charge >= 0.3 is 5.97 Å². The third-order valence-electron chi connectivity index (χ3n) is 2.40. The molecule has 0 radical (unpaired) electrons. The minimum Gasteiger partial charge on any atom is -0.478 e. The van der Waals surface area contributed by atoms with Gasteiger partial charge in [0.15, 0.2) is 6.10 Å². The van der Waals surface area contributed by atoms with Crippen molar-refractivity contribution in [2.45, 2.75) is 12.5 Å². The largest absolute Gasteiger partial charge is 0.478 e. The molecular weight excluding hydrogens is 224 g/mol. The van der Waals surface area contributed by atoms with E-state index < -0.39 is 12.1 Å². The van der Waals surface area contributed by atoms with Crippen molar-refractivity contribution >= 4 is 23.3 Å². The number of nitrogens with one attached hydrogen (secondary N) is 1. The second-order valence-electron chi connectivity index (χ2n) is 3.63. The van der Waals surface area contributed by atoms with Crippen LogP contribution < -0.4 is 15.8 Å². The Balaban J connectivity index is 2.18. The fraction of sp³-hybridized carbons (Fsp3) is 0.273. The summed E-state index contributed by atoms with van der Waals surface area (Å²) in [5.41, 5.74) is 6.62. The van der Waals surface area contributed by atoms with Crippen LogP contribution in [0.25, 0.3) is 0 Å². The number of hydrogen-bond acceptors (Lipinski definition) is 5. The van der Waals surface area contributed by atoms with Crippen molar-refractivity contribution in [1.82, 2.24) is 0 Å². The highest BCUT2D eigenvalue weighted by atomic mass is 16.5. The molecule has 6 heteroatoms. The monoisotopic (exact) mass is 236 g/mol. The molecule has 0 aromatic heterocycles. The Morgan fingerprint density at radius 3 is 3.06 bits per heavy atom. The molecular formula is C11H12N2O4. The number of carbonyl (C=O) groups excluding carboxylic acids is 2. The number of fused-ring (bicyclic) bond motifs is 1. The van der Waals surface area contributed by atoms with Crippen molar-refractivity contribution in [2.75, 3.05) is 18.2 Å². The van der Waals surface area contributed by atoms with Gasteiger partial charge in [-0.15, -0.1) is 0 Å². The topological polar surface area (TPSA) is 90.7 Å². The first-order valence-corrected chi connectivity index (χ1v) is 5.04. The quantitative estimate of drug-likeness (QED) is 0.577. The molecule has 1 atom stereocenters. The molecule has 1 amide bonds. The predicted octanol–water partition coefficient (Wildman–Crippen LogP) is 0.531. The van der Waals surface area contributed by atoms with E-state index in [0.29, 0.717) is 17.1 Å². The normalized spacial score (nSPS) is 17.7. The van der Waals surface area contributed by atoms with Crippen molar-refractivity contribution < 1.29 is 19.1 Å². The van der Waals surface area contributed by atoms with Crippen LogP contribution in [-0.2, 0) is 14.3 Å². The van der Waals surface area contributed by atoms with Crippen LogP contribution in [0.1, 0.15) is 6.42 Å². The van der Waals surface area contributed by atoms with Crippen LogP contribution in [0.15, 0.2) is 18.2 Å². The number of nitrogens with two attached hydrogens (primary N) is 1. The second kappa shape index (κ2) is 4.32. The number of nitrogen functional groups attached to an aromatic ring is 1. The van der Waals surface area contributed by atoms with Gasteiger partial charge in [0.25, 0.3) is 5.91 Å². The van der Waals surface area contributed by atoms with Gasteiger partial charge in [0.1, 0.15) is 5.75 Å². The zero-order valence-corrected chi connectivity index (χ0v) is 9.23. The Morgan fingerprint density at radius 2 is 2.35 bits per heavy atom. The molecule has 1 aromatic rings. The van der Waals surface area contributed by atoms with Crippen LogP contribution in [-0.4, -0.2) is 25.1 Å². The van der Waals surface area contributed by atoms with Crippen LogP contribution in [0.5, 0.6) is 5.75 Å². The summed E-state index contributed by atoms with van der Waals surface area (Å²) in [4.78, 5) is 22.7. The zero-order valence-electron chi connectivity index (χ0n) is 9.23. The van der Waals surface area contributed by atoms with Crippen LogP contribution in [0, 0.1) is 0 Å². The summed E-state index contributed by atoms with van der Waals surface area (Å²) < 4.78 is 9.89.